The van der Waals surface area contributed by atoms with E-state index < -0.39 is 22.0 Å². The molecule has 0 aliphatic carbocycles. The molecule has 0 bridgehead atoms. The lowest BCUT2D eigenvalue weighted by Crippen LogP contribution is -2.50. The smallest absolute Gasteiger partial charge is 0.269 e. The van der Waals surface area contributed by atoms with Gasteiger partial charge in [0.25, 0.3) is 21.8 Å². The standard InChI is InChI=1S/C17H23N3O4S/c1-10(2)20-17(22)13-5-4-12(8-15(13)25(20,23)24)16(21)19-14-9-18-7-6-11(14)3/h4-5,8,10-11,14,18H,6-7,9H2,1-3H3,(H,19,21). The van der Waals surface area contributed by atoms with Crippen LogP contribution in [-0.2, 0) is 10.0 Å². The van der Waals surface area contributed by atoms with E-state index >= 15 is 0 Å². The Morgan fingerprint density at radius 3 is 2.72 bits per heavy atom. The highest BCUT2D eigenvalue weighted by atomic mass is 32.2. The molecule has 1 fully saturated rings. The van der Waals surface area contributed by atoms with Crippen LogP contribution >= 0.6 is 0 Å². The van der Waals surface area contributed by atoms with Crippen LogP contribution in [0.15, 0.2) is 23.1 Å². The zero-order chi connectivity index (χ0) is 18.4. The fourth-order valence-electron chi connectivity index (χ4n) is 3.33. The number of hydrogen-bond acceptors (Lipinski definition) is 5. The van der Waals surface area contributed by atoms with E-state index in [9.17, 15) is 18.0 Å². The van der Waals surface area contributed by atoms with E-state index in [1.165, 1.54) is 18.2 Å². The summed E-state index contributed by atoms with van der Waals surface area (Å²) in [5.74, 6) is -0.516. The number of amides is 2. The predicted octanol–water partition coefficient (Wildman–Crippen LogP) is 0.967. The summed E-state index contributed by atoms with van der Waals surface area (Å²) in [6.45, 7) is 6.99. The Morgan fingerprint density at radius 2 is 2.08 bits per heavy atom. The molecular weight excluding hydrogens is 342 g/mol. The molecule has 0 radical (unpaired) electrons. The lowest BCUT2D eigenvalue weighted by atomic mass is 9.94. The van der Waals surface area contributed by atoms with Gasteiger partial charge in [0.05, 0.1) is 5.56 Å². The number of benzene rings is 1. The average Bonchev–Trinajstić information content (AvgIpc) is 2.75. The van der Waals surface area contributed by atoms with Crippen molar-refractivity contribution in [2.24, 2.45) is 5.92 Å². The summed E-state index contributed by atoms with van der Waals surface area (Å²) >= 11 is 0. The van der Waals surface area contributed by atoms with Crippen LogP contribution < -0.4 is 10.6 Å². The summed E-state index contributed by atoms with van der Waals surface area (Å²) in [6, 6.07) is 3.76. The van der Waals surface area contributed by atoms with Crippen LogP contribution in [0.4, 0.5) is 0 Å². The van der Waals surface area contributed by atoms with Crippen LogP contribution in [0.1, 0.15) is 47.9 Å². The number of fused-ring (bicyclic) bond motifs is 1. The monoisotopic (exact) mass is 365 g/mol. The fourth-order valence-corrected chi connectivity index (χ4v) is 5.13. The SMILES string of the molecule is CC1CCNCC1NC(=O)c1ccc2c(c1)S(=O)(=O)N(C(C)C)C2=O. The van der Waals surface area contributed by atoms with Crippen molar-refractivity contribution in [3.63, 3.8) is 0 Å². The Balaban J connectivity index is 1.89. The second-order valence-electron chi connectivity index (χ2n) is 6.96. The summed E-state index contributed by atoms with van der Waals surface area (Å²) in [6.07, 6.45) is 0.974. The van der Waals surface area contributed by atoms with Gasteiger partial charge in [-0.15, -0.1) is 0 Å². The third kappa shape index (κ3) is 3.04. The van der Waals surface area contributed by atoms with Crippen molar-refractivity contribution < 1.29 is 18.0 Å². The molecule has 2 N–H and O–H groups in total. The van der Waals surface area contributed by atoms with Gasteiger partial charge in [-0.2, -0.15) is 0 Å². The van der Waals surface area contributed by atoms with Crippen molar-refractivity contribution in [3.8, 4) is 0 Å². The molecule has 3 rings (SSSR count). The van der Waals surface area contributed by atoms with Crippen molar-refractivity contribution in [3.05, 3.63) is 29.3 Å². The minimum Gasteiger partial charge on any atom is -0.348 e. The topological polar surface area (TPSA) is 95.6 Å². The third-order valence-electron chi connectivity index (χ3n) is 4.82. The largest absolute Gasteiger partial charge is 0.348 e. The van der Waals surface area contributed by atoms with Gasteiger partial charge in [-0.1, -0.05) is 6.92 Å². The summed E-state index contributed by atoms with van der Waals surface area (Å²) in [5.41, 5.74) is 0.372. The maximum Gasteiger partial charge on any atom is 0.269 e. The maximum absolute atomic E-state index is 12.6. The van der Waals surface area contributed by atoms with Crippen molar-refractivity contribution in [1.82, 2.24) is 14.9 Å². The minimum atomic E-state index is -3.90. The minimum absolute atomic E-state index is 0.0000869. The quantitative estimate of drug-likeness (QED) is 0.832. The number of nitrogens with one attached hydrogen (secondary N) is 2. The summed E-state index contributed by atoms with van der Waals surface area (Å²) in [4.78, 5) is 24.8. The zero-order valence-electron chi connectivity index (χ0n) is 14.6. The molecule has 0 saturated carbocycles. The number of piperidine rings is 1. The molecule has 1 aromatic rings. The van der Waals surface area contributed by atoms with Crippen LogP contribution in [0.3, 0.4) is 0 Å². The lowest BCUT2D eigenvalue weighted by Gasteiger charge is -2.30. The van der Waals surface area contributed by atoms with E-state index in [2.05, 4.69) is 17.6 Å². The summed E-state index contributed by atoms with van der Waals surface area (Å²) in [7, 11) is -3.90. The van der Waals surface area contributed by atoms with Crippen molar-refractivity contribution in [2.45, 2.75) is 44.2 Å². The normalized spacial score (nSPS) is 25.1. The molecule has 2 aliphatic rings. The molecule has 7 nitrogen and oxygen atoms in total. The first kappa shape index (κ1) is 17.9. The highest BCUT2D eigenvalue weighted by Gasteiger charge is 2.43. The predicted molar refractivity (Wildman–Crippen MR) is 92.8 cm³/mol. The third-order valence-corrected chi connectivity index (χ3v) is 6.82. The number of hydrogen-bond donors (Lipinski definition) is 2. The van der Waals surface area contributed by atoms with Crippen molar-refractivity contribution >= 4 is 21.8 Å². The first-order valence-corrected chi connectivity index (χ1v) is 9.92. The molecule has 2 aliphatic heterocycles. The van der Waals surface area contributed by atoms with E-state index in [0.29, 0.717) is 12.5 Å². The van der Waals surface area contributed by atoms with Crippen LogP contribution in [0.2, 0.25) is 0 Å². The van der Waals surface area contributed by atoms with E-state index in [1.54, 1.807) is 13.8 Å². The number of nitrogens with zero attached hydrogens (tertiary/aromatic N) is 1. The van der Waals surface area contributed by atoms with Crippen LogP contribution in [0, 0.1) is 5.92 Å². The highest BCUT2D eigenvalue weighted by molar-refractivity contribution is 7.90. The molecule has 0 spiro atoms. The molecule has 2 heterocycles. The Hall–Kier alpha value is -1.93. The summed E-state index contributed by atoms with van der Waals surface area (Å²) in [5, 5.41) is 6.19. The van der Waals surface area contributed by atoms with Gasteiger partial charge in [0.15, 0.2) is 0 Å². The van der Waals surface area contributed by atoms with Gasteiger partial charge in [-0.05, 0) is 50.9 Å². The van der Waals surface area contributed by atoms with Gasteiger partial charge >= 0.3 is 0 Å². The lowest BCUT2D eigenvalue weighted by molar-refractivity contribution is 0.0844. The van der Waals surface area contributed by atoms with Crippen molar-refractivity contribution in [1.29, 1.82) is 0 Å². The van der Waals surface area contributed by atoms with Crippen LogP contribution in [-0.4, -0.2) is 49.7 Å². The molecule has 1 aromatic carbocycles. The van der Waals surface area contributed by atoms with Crippen molar-refractivity contribution in [2.75, 3.05) is 13.1 Å². The highest BCUT2D eigenvalue weighted by Crippen LogP contribution is 2.32. The Kier molecular flexibility index (Phi) is 4.59. The molecule has 25 heavy (non-hydrogen) atoms. The van der Waals surface area contributed by atoms with Gasteiger partial charge in [-0.3, -0.25) is 9.59 Å². The first-order valence-electron chi connectivity index (χ1n) is 8.48. The number of carbonyl (C=O) groups excluding carboxylic acids is 2. The van der Waals surface area contributed by atoms with E-state index in [0.717, 1.165) is 17.3 Å². The maximum atomic E-state index is 12.6. The van der Waals surface area contributed by atoms with Gasteiger partial charge < -0.3 is 10.6 Å². The van der Waals surface area contributed by atoms with E-state index in [4.69, 9.17) is 0 Å². The molecular formula is C17H23N3O4S. The first-order chi connectivity index (χ1) is 11.7. The second kappa shape index (κ2) is 6.42. The zero-order valence-corrected chi connectivity index (χ0v) is 15.4. The van der Waals surface area contributed by atoms with Gasteiger partial charge in [0.1, 0.15) is 4.90 Å². The van der Waals surface area contributed by atoms with Gasteiger partial charge in [-0.25, -0.2) is 12.7 Å². The average molecular weight is 365 g/mol. The summed E-state index contributed by atoms with van der Waals surface area (Å²) < 4.78 is 26.1. The number of sulfonamides is 1. The Labute approximate surface area is 147 Å². The Bertz CT molecular complexity index is 819. The number of carbonyl (C=O) groups is 2. The molecule has 0 aromatic heterocycles. The molecule has 2 unspecified atom stereocenters. The molecule has 2 amide bonds. The van der Waals surface area contributed by atoms with Gasteiger partial charge in [0.2, 0.25) is 0 Å². The van der Waals surface area contributed by atoms with Crippen LogP contribution in [0.5, 0.6) is 0 Å². The van der Waals surface area contributed by atoms with Crippen LogP contribution in [0.25, 0.3) is 0 Å². The van der Waals surface area contributed by atoms with E-state index in [1.807, 2.05) is 0 Å². The molecule has 1 saturated heterocycles. The molecule has 8 heteroatoms. The second-order valence-corrected chi connectivity index (χ2v) is 8.74. The molecule has 2 atom stereocenters. The molecule has 136 valence electrons. The van der Waals surface area contributed by atoms with Gasteiger partial charge in [0, 0.05) is 24.2 Å². The fraction of sp³-hybridized carbons (Fsp3) is 0.529. The van der Waals surface area contributed by atoms with E-state index in [-0.39, 0.29) is 28.0 Å². The Morgan fingerprint density at radius 1 is 1.36 bits per heavy atom. The number of rotatable bonds is 3.